The van der Waals surface area contributed by atoms with Gasteiger partial charge in [-0.3, -0.25) is 28.8 Å². The summed E-state index contributed by atoms with van der Waals surface area (Å²) >= 11 is 24.6. The molecule has 5 rings (SSSR count). The molecule has 0 saturated heterocycles. The van der Waals surface area contributed by atoms with Crippen molar-refractivity contribution in [3.05, 3.63) is 140 Å². The minimum atomic E-state index is -1.58. The highest BCUT2D eigenvalue weighted by Gasteiger charge is 2.27. The zero-order valence-corrected chi connectivity index (χ0v) is 38.0. The van der Waals surface area contributed by atoms with Crippen LogP contribution in [0, 0.1) is 0 Å². The fourth-order valence-electron chi connectivity index (χ4n) is 6.17. The summed E-state index contributed by atoms with van der Waals surface area (Å²) in [5, 5.41) is 27.6. The largest absolute Gasteiger partial charge is 0.324 e. The van der Waals surface area contributed by atoms with Crippen molar-refractivity contribution in [1.82, 2.24) is 0 Å². The number of aryl methyl sites for hydroxylation is 2. The van der Waals surface area contributed by atoms with Gasteiger partial charge in [-0.1, -0.05) is 61.3 Å². The molecular formula is C46H42Cl4N8O6. The third-order valence-electron chi connectivity index (χ3n) is 9.50. The Kier molecular flexibility index (Phi) is 17.4. The minimum Gasteiger partial charge on any atom is -0.324 e. The average Bonchev–Trinajstić information content (AvgIpc) is 3.27. The van der Waals surface area contributed by atoms with Gasteiger partial charge in [0.1, 0.15) is 11.4 Å². The Morgan fingerprint density at radius 3 is 1.34 bits per heavy atom. The van der Waals surface area contributed by atoms with Crippen LogP contribution >= 0.6 is 46.4 Å². The van der Waals surface area contributed by atoms with E-state index in [0.717, 1.165) is 11.1 Å². The van der Waals surface area contributed by atoms with E-state index >= 15 is 0 Å². The molecule has 64 heavy (non-hydrogen) atoms. The van der Waals surface area contributed by atoms with Gasteiger partial charge in [0.25, 0.3) is 23.6 Å². The number of halogens is 4. The molecule has 14 nitrogen and oxygen atoms in total. The Bertz CT molecular complexity index is 2650. The molecule has 4 amide bonds. The number of nitrogens with one attached hydrogen (secondary N) is 4. The number of nitrogens with zero attached hydrogens (tertiary/aromatic N) is 4. The lowest BCUT2D eigenvalue weighted by atomic mass is 10.0. The molecule has 0 radical (unpaired) electrons. The van der Waals surface area contributed by atoms with Crippen LogP contribution in [0.3, 0.4) is 0 Å². The third kappa shape index (κ3) is 12.9. The summed E-state index contributed by atoms with van der Waals surface area (Å²) in [6.45, 7) is 6.04. The molecule has 0 heterocycles. The number of hydrogen-bond acceptors (Lipinski definition) is 10. The van der Waals surface area contributed by atoms with Gasteiger partial charge in [0.15, 0.2) is 11.6 Å². The maximum Gasteiger partial charge on any atom is 0.258 e. The second-order valence-corrected chi connectivity index (χ2v) is 15.6. The predicted molar refractivity (Wildman–Crippen MR) is 251 cm³/mol. The summed E-state index contributed by atoms with van der Waals surface area (Å²) in [5.74, 6) is -3.17. The van der Waals surface area contributed by atoms with E-state index in [0.29, 0.717) is 46.7 Å². The lowest BCUT2D eigenvalue weighted by molar-refractivity contribution is -0.127. The molecule has 330 valence electrons. The number of carbonyl (C=O) groups is 6. The van der Waals surface area contributed by atoms with Gasteiger partial charge in [0, 0.05) is 45.6 Å². The van der Waals surface area contributed by atoms with Crippen LogP contribution in [-0.4, -0.2) is 47.3 Å². The van der Waals surface area contributed by atoms with Crippen molar-refractivity contribution in [2.45, 2.75) is 64.4 Å². The maximum atomic E-state index is 13.7. The summed E-state index contributed by atoms with van der Waals surface area (Å²) in [6.07, 6.45) is 0.769. The van der Waals surface area contributed by atoms with Crippen molar-refractivity contribution >= 4 is 116 Å². The molecule has 5 aromatic carbocycles. The van der Waals surface area contributed by atoms with Gasteiger partial charge in [-0.2, -0.15) is 20.5 Å². The summed E-state index contributed by atoms with van der Waals surface area (Å²) in [5.41, 5.74) is 5.10. The first-order valence-corrected chi connectivity index (χ1v) is 21.6. The van der Waals surface area contributed by atoms with E-state index in [9.17, 15) is 28.8 Å². The van der Waals surface area contributed by atoms with Crippen LogP contribution in [0.5, 0.6) is 0 Å². The number of rotatable bonds is 18. The van der Waals surface area contributed by atoms with E-state index in [-0.39, 0.29) is 44.3 Å². The molecule has 4 N–H and O–H groups in total. The van der Waals surface area contributed by atoms with Crippen LogP contribution in [0.25, 0.3) is 0 Å². The molecule has 0 saturated carbocycles. The fourth-order valence-corrected chi connectivity index (χ4v) is 6.81. The molecule has 18 heteroatoms. The molecule has 0 bridgehead atoms. The number of ketones is 2. The molecule has 5 aromatic rings. The molecule has 0 aromatic heterocycles. The smallest absolute Gasteiger partial charge is 0.258 e. The summed E-state index contributed by atoms with van der Waals surface area (Å²) in [6, 6.07) is 22.8. The van der Waals surface area contributed by atoms with Gasteiger partial charge < -0.3 is 21.3 Å². The van der Waals surface area contributed by atoms with Crippen molar-refractivity contribution in [3.8, 4) is 0 Å². The predicted octanol–water partition coefficient (Wildman–Crippen LogP) is 11.5. The Hall–Kier alpha value is -6.32. The van der Waals surface area contributed by atoms with E-state index in [2.05, 4.69) is 41.7 Å². The average molecular weight is 945 g/mol. The van der Waals surface area contributed by atoms with Gasteiger partial charge in [0.2, 0.25) is 12.1 Å². The first-order valence-electron chi connectivity index (χ1n) is 19.8. The van der Waals surface area contributed by atoms with Gasteiger partial charge in [-0.25, -0.2) is 0 Å². The number of benzene rings is 5. The third-order valence-corrected chi connectivity index (χ3v) is 10.8. The fraction of sp³-hybridized carbons (Fsp3) is 0.217. The first-order chi connectivity index (χ1) is 30.6. The van der Waals surface area contributed by atoms with Crippen LogP contribution in [-0.2, 0) is 43.8 Å². The molecule has 0 aliphatic carbocycles. The molecular weight excluding hydrogens is 902 g/mol. The normalized spacial score (nSPS) is 12.1. The SMILES string of the molecule is CCc1cc(NC(=O)C(N=Nc2cc(C(=O)Nc3cccc(CCl)c3)ccc2Cl)C(C)=O)cc(CC)c1NC(=O)C(N=Nc1cc(C(=O)Nc2cccc(CCl)c2)ccc1Cl)C(C)=O. The van der Waals surface area contributed by atoms with E-state index in [1.165, 1.54) is 50.2 Å². The Labute approximate surface area is 389 Å². The molecule has 0 aliphatic heterocycles. The summed E-state index contributed by atoms with van der Waals surface area (Å²) in [4.78, 5) is 78.8. The van der Waals surface area contributed by atoms with Gasteiger partial charge in [-0.15, -0.1) is 23.2 Å². The molecule has 2 unspecified atom stereocenters. The molecule has 0 fully saturated rings. The topological polar surface area (TPSA) is 200 Å². The van der Waals surface area contributed by atoms with Crippen LogP contribution < -0.4 is 21.3 Å². The highest BCUT2D eigenvalue weighted by Crippen LogP contribution is 2.31. The van der Waals surface area contributed by atoms with Crippen LogP contribution in [0.4, 0.5) is 34.1 Å². The van der Waals surface area contributed by atoms with Crippen LogP contribution in [0.2, 0.25) is 10.0 Å². The number of carbonyl (C=O) groups excluding carboxylic acids is 6. The highest BCUT2D eigenvalue weighted by molar-refractivity contribution is 6.33. The first kappa shape index (κ1) is 48.7. The van der Waals surface area contributed by atoms with Crippen molar-refractivity contribution in [2.75, 3.05) is 21.3 Å². The lowest BCUT2D eigenvalue weighted by Gasteiger charge is -2.19. The zero-order chi connectivity index (χ0) is 46.5. The number of hydrogen-bond donors (Lipinski definition) is 4. The van der Waals surface area contributed by atoms with E-state index in [4.69, 9.17) is 46.4 Å². The Balaban J connectivity index is 1.30. The second-order valence-electron chi connectivity index (χ2n) is 14.2. The molecule has 0 spiro atoms. The van der Waals surface area contributed by atoms with Gasteiger partial charge in [0.05, 0.1) is 10.0 Å². The maximum absolute atomic E-state index is 13.7. The number of amides is 4. The van der Waals surface area contributed by atoms with Crippen molar-refractivity contribution in [1.29, 1.82) is 0 Å². The number of azo groups is 2. The highest BCUT2D eigenvalue weighted by atomic mass is 35.5. The van der Waals surface area contributed by atoms with Crippen LogP contribution in [0.1, 0.15) is 70.7 Å². The van der Waals surface area contributed by atoms with Crippen LogP contribution in [0.15, 0.2) is 118 Å². The van der Waals surface area contributed by atoms with E-state index in [1.54, 1.807) is 48.5 Å². The Morgan fingerprint density at radius 2 is 0.953 bits per heavy atom. The summed E-state index contributed by atoms with van der Waals surface area (Å²) in [7, 11) is 0. The lowest BCUT2D eigenvalue weighted by Crippen LogP contribution is -2.33. The number of Topliss-reactive ketones (excluding diaryl/α,β-unsaturated/α-hetero) is 2. The van der Waals surface area contributed by atoms with E-state index in [1.807, 2.05) is 26.0 Å². The monoisotopic (exact) mass is 942 g/mol. The zero-order valence-electron chi connectivity index (χ0n) is 35.0. The Morgan fingerprint density at radius 1 is 0.531 bits per heavy atom. The van der Waals surface area contributed by atoms with E-state index < -0.39 is 47.3 Å². The molecule has 2 atom stereocenters. The second kappa shape index (κ2) is 22.9. The van der Waals surface area contributed by atoms with Crippen molar-refractivity contribution in [3.63, 3.8) is 0 Å². The van der Waals surface area contributed by atoms with Gasteiger partial charge >= 0.3 is 0 Å². The summed E-state index contributed by atoms with van der Waals surface area (Å²) < 4.78 is 0. The minimum absolute atomic E-state index is 0.0533. The number of anilines is 4. The van der Waals surface area contributed by atoms with Gasteiger partial charge in [-0.05, 0) is 122 Å². The standard InChI is InChI=1S/C46H42Cl4N8O6/c1-5-29-19-35(53-45(63)40(25(3)59)57-55-38-21-31(13-15-36(38)49)43(61)51-33-11-7-9-27(17-33)23-47)20-30(6-2)42(29)54-46(64)41(26(4)60)58-56-39-22-32(14-16-37(39)50)44(62)52-34-12-8-10-28(18-34)24-48/h7-22,40-41H,5-6,23-24H2,1-4H3,(H,51,61)(H,52,62)(H,53,63)(H,54,64). The van der Waals surface area contributed by atoms with Crippen molar-refractivity contribution in [2.24, 2.45) is 20.5 Å². The number of alkyl halides is 2. The van der Waals surface area contributed by atoms with Crippen molar-refractivity contribution < 1.29 is 28.8 Å². The quantitative estimate of drug-likeness (QED) is 0.0382. The molecule has 0 aliphatic rings.